The SMILES string of the molecule is Cc1cc(C(=O)[C@@H](C)N(C)CC(=O)Nc2cccc(F)c2)c(C)n1Cc1ccco1. The van der Waals surface area contributed by atoms with Crippen molar-refractivity contribution in [3.63, 3.8) is 0 Å². The molecule has 3 rings (SSSR count). The van der Waals surface area contributed by atoms with Crippen LogP contribution in [0.1, 0.15) is 34.4 Å². The first-order valence-corrected chi connectivity index (χ1v) is 9.75. The van der Waals surface area contributed by atoms with E-state index in [-0.39, 0.29) is 18.2 Å². The van der Waals surface area contributed by atoms with Gasteiger partial charge in [0.1, 0.15) is 11.6 Å². The summed E-state index contributed by atoms with van der Waals surface area (Å²) < 4.78 is 20.7. The molecule has 0 fully saturated rings. The van der Waals surface area contributed by atoms with Gasteiger partial charge in [-0.3, -0.25) is 14.5 Å². The van der Waals surface area contributed by atoms with Crippen molar-refractivity contribution >= 4 is 17.4 Å². The van der Waals surface area contributed by atoms with Gasteiger partial charge < -0.3 is 14.3 Å². The molecule has 1 aromatic carbocycles. The first-order valence-electron chi connectivity index (χ1n) is 9.75. The monoisotopic (exact) mass is 411 g/mol. The third-order valence-electron chi connectivity index (χ3n) is 5.28. The predicted octanol–water partition coefficient (Wildman–Crippen LogP) is 4.03. The first kappa shape index (κ1) is 21.5. The number of furan rings is 1. The molecule has 158 valence electrons. The predicted molar refractivity (Wildman–Crippen MR) is 113 cm³/mol. The summed E-state index contributed by atoms with van der Waals surface area (Å²) in [4.78, 5) is 27.1. The Kier molecular flexibility index (Phi) is 6.52. The lowest BCUT2D eigenvalue weighted by Gasteiger charge is -2.23. The third kappa shape index (κ3) is 4.86. The number of anilines is 1. The molecule has 0 radical (unpaired) electrons. The molecule has 2 aromatic heterocycles. The van der Waals surface area contributed by atoms with Crippen molar-refractivity contribution < 1.29 is 18.4 Å². The molecule has 1 amide bonds. The highest BCUT2D eigenvalue weighted by molar-refractivity contribution is 6.01. The van der Waals surface area contributed by atoms with E-state index in [1.807, 2.05) is 36.6 Å². The Morgan fingerprint density at radius 1 is 1.20 bits per heavy atom. The van der Waals surface area contributed by atoms with Crippen LogP contribution >= 0.6 is 0 Å². The van der Waals surface area contributed by atoms with Crippen LogP contribution in [0.2, 0.25) is 0 Å². The normalized spacial score (nSPS) is 12.2. The van der Waals surface area contributed by atoms with Crippen molar-refractivity contribution in [3.05, 3.63) is 77.3 Å². The second kappa shape index (κ2) is 9.09. The maximum atomic E-state index is 13.3. The number of rotatable bonds is 8. The smallest absolute Gasteiger partial charge is 0.238 e. The van der Waals surface area contributed by atoms with Gasteiger partial charge >= 0.3 is 0 Å². The van der Waals surface area contributed by atoms with Crippen LogP contribution in [0.3, 0.4) is 0 Å². The zero-order chi connectivity index (χ0) is 21.8. The number of Topliss-reactive ketones (excluding diaryl/α,β-unsaturated/α-hetero) is 1. The molecule has 6 nitrogen and oxygen atoms in total. The van der Waals surface area contributed by atoms with E-state index in [0.717, 1.165) is 17.1 Å². The van der Waals surface area contributed by atoms with Gasteiger partial charge in [0.05, 0.1) is 25.4 Å². The largest absolute Gasteiger partial charge is 0.467 e. The van der Waals surface area contributed by atoms with Gasteiger partial charge in [-0.25, -0.2) is 4.39 Å². The number of carbonyl (C=O) groups is 2. The quantitative estimate of drug-likeness (QED) is 0.569. The maximum Gasteiger partial charge on any atom is 0.238 e. The molecule has 30 heavy (non-hydrogen) atoms. The molecule has 0 saturated carbocycles. The summed E-state index contributed by atoms with van der Waals surface area (Å²) >= 11 is 0. The lowest BCUT2D eigenvalue weighted by molar-refractivity contribution is -0.117. The summed E-state index contributed by atoms with van der Waals surface area (Å²) in [7, 11) is 1.72. The molecule has 0 aliphatic carbocycles. The van der Waals surface area contributed by atoms with Gasteiger partial charge in [0.2, 0.25) is 5.91 Å². The molecule has 0 saturated heterocycles. The lowest BCUT2D eigenvalue weighted by atomic mass is 10.0. The number of carbonyl (C=O) groups excluding carboxylic acids is 2. The van der Waals surface area contributed by atoms with Crippen LogP contribution in [0.4, 0.5) is 10.1 Å². The summed E-state index contributed by atoms with van der Waals surface area (Å²) in [5.74, 6) is 0.0190. The summed E-state index contributed by atoms with van der Waals surface area (Å²) in [5, 5.41) is 2.65. The van der Waals surface area contributed by atoms with E-state index in [1.165, 1.54) is 18.2 Å². The number of benzene rings is 1. The van der Waals surface area contributed by atoms with Crippen molar-refractivity contribution in [3.8, 4) is 0 Å². The number of aryl methyl sites for hydroxylation is 1. The molecule has 1 N–H and O–H groups in total. The molecule has 3 aromatic rings. The zero-order valence-corrected chi connectivity index (χ0v) is 17.6. The summed E-state index contributed by atoms with van der Waals surface area (Å²) in [5.41, 5.74) is 2.84. The second-order valence-electron chi connectivity index (χ2n) is 7.46. The number of nitrogens with zero attached hydrogens (tertiary/aromatic N) is 2. The maximum absolute atomic E-state index is 13.3. The summed E-state index contributed by atoms with van der Waals surface area (Å²) in [6.45, 7) is 6.20. The number of hydrogen-bond donors (Lipinski definition) is 1. The van der Waals surface area contributed by atoms with E-state index in [0.29, 0.717) is 17.8 Å². The van der Waals surface area contributed by atoms with Gasteiger partial charge in [-0.1, -0.05) is 6.07 Å². The van der Waals surface area contributed by atoms with Gasteiger partial charge in [0, 0.05) is 22.6 Å². The number of amides is 1. The fourth-order valence-corrected chi connectivity index (χ4v) is 3.41. The Balaban J connectivity index is 1.66. The highest BCUT2D eigenvalue weighted by atomic mass is 19.1. The van der Waals surface area contributed by atoms with Crippen molar-refractivity contribution in [2.45, 2.75) is 33.4 Å². The number of hydrogen-bond acceptors (Lipinski definition) is 4. The third-order valence-corrected chi connectivity index (χ3v) is 5.28. The standard InChI is InChI=1S/C23H26FN3O3/c1-15-11-21(16(2)27(15)13-20-9-6-10-30-20)23(29)17(3)26(4)14-22(28)25-19-8-5-7-18(24)12-19/h5-12,17H,13-14H2,1-4H3,(H,25,28)/t17-/m1/s1. The number of nitrogens with one attached hydrogen (secondary N) is 1. The Labute approximate surface area is 175 Å². The molecule has 0 aliphatic heterocycles. The van der Waals surface area contributed by atoms with Crippen LogP contribution in [0.5, 0.6) is 0 Å². The average molecular weight is 411 g/mol. The fourth-order valence-electron chi connectivity index (χ4n) is 3.41. The molecule has 7 heteroatoms. The van der Waals surface area contributed by atoms with E-state index in [9.17, 15) is 14.0 Å². The van der Waals surface area contributed by atoms with E-state index >= 15 is 0 Å². The van der Waals surface area contributed by atoms with Gasteiger partial charge in [0.15, 0.2) is 5.78 Å². The Morgan fingerprint density at radius 2 is 1.97 bits per heavy atom. The van der Waals surface area contributed by atoms with Crippen LogP contribution in [-0.2, 0) is 11.3 Å². The molecule has 0 aliphatic rings. The minimum atomic E-state index is -0.499. The Hall–Kier alpha value is -3.19. The first-order chi connectivity index (χ1) is 14.3. The summed E-state index contributed by atoms with van der Waals surface area (Å²) in [6, 6.07) is 10.8. The molecule has 0 unspecified atom stereocenters. The molecular formula is C23H26FN3O3. The summed E-state index contributed by atoms with van der Waals surface area (Å²) in [6.07, 6.45) is 1.63. The molecule has 2 heterocycles. The highest BCUT2D eigenvalue weighted by Crippen LogP contribution is 2.20. The van der Waals surface area contributed by atoms with Crippen LogP contribution in [0.15, 0.2) is 53.1 Å². The Bertz CT molecular complexity index is 1040. The van der Waals surface area contributed by atoms with Crippen LogP contribution < -0.4 is 5.32 Å². The average Bonchev–Trinajstić information content (AvgIpc) is 3.30. The Morgan fingerprint density at radius 3 is 2.63 bits per heavy atom. The van der Waals surface area contributed by atoms with Crippen LogP contribution in [0.25, 0.3) is 0 Å². The van der Waals surface area contributed by atoms with Gasteiger partial charge in [-0.15, -0.1) is 0 Å². The fraction of sp³-hybridized carbons (Fsp3) is 0.304. The highest BCUT2D eigenvalue weighted by Gasteiger charge is 2.25. The number of halogens is 1. The van der Waals surface area contributed by atoms with Crippen LogP contribution in [-0.4, -0.2) is 40.8 Å². The molecule has 1 atom stereocenters. The topological polar surface area (TPSA) is 67.5 Å². The van der Waals surface area contributed by atoms with E-state index in [2.05, 4.69) is 5.32 Å². The molecular weight excluding hydrogens is 385 g/mol. The number of likely N-dealkylation sites (N-methyl/N-ethyl adjacent to an activating group) is 1. The molecule has 0 bridgehead atoms. The minimum absolute atomic E-state index is 0.00849. The number of aromatic nitrogens is 1. The molecule has 0 spiro atoms. The van der Waals surface area contributed by atoms with Crippen molar-refractivity contribution in [1.29, 1.82) is 0 Å². The van der Waals surface area contributed by atoms with E-state index in [1.54, 1.807) is 31.2 Å². The van der Waals surface area contributed by atoms with E-state index in [4.69, 9.17) is 4.42 Å². The lowest BCUT2D eigenvalue weighted by Crippen LogP contribution is -2.41. The van der Waals surface area contributed by atoms with Crippen LogP contribution in [0, 0.1) is 19.7 Å². The number of ketones is 1. The van der Waals surface area contributed by atoms with Gasteiger partial charge in [0.25, 0.3) is 0 Å². The van der Waals surface area contributed by atoms with Crippen molar-refractivity contribution in [2.75, 3.05) is 18.9 Å². The second-order valence-corrected chi connectivity index (χ2v) is 7.46. The van der Waals surface area contributed by atoms with Gasteiger partial charge in [-0.2, -0.15) is 0 Å². The minimum Gasteiger partial charge on any atom is -0.467 e. The van der Waals surface area contributed by atoms with Crippen molar-refractivity contribution in [1.82, 2.24) is 9.47 Å². The zero-order valence-electron chi connectivity index (χ0n) is 17.6. The van der Waals surface area contributed by atoms with Gasteiger partial charge in [-0.05, 0) is 64.2 Å². The van der Waals surface area contributed by atoms with E-state index < -0.39 is 11.9 Å². The van der Waals surface area contributed by atoms with Crippen molar-refractivity contribution in [2.24, 2.45) is 0 Å².